The zero-order valence-electron chi connectivity index (χ0n) is 12.7. The van der Waals surface area contributed by atoms with Gasteiger partial charge in [0.2, 0.25) is 0 Å². The maximum atomic E-state index is 12.6. The third kappa shape index (κ3) is 3.59. The summed E-state index contributed by atoms with van der Waals surface area (Å²) in [5, 5.41) is 10.8. The molecule has 122 valence electrons. The van der Waals surface area contributed by atoms with E-state index in [1.54, 1.807) is 12.1 Å². The minimum Gasteiger partial charge on any atom is -0.494 e. The fourth-order valence-electron chi connectivity index (χ4n) is 1.97. The Morgan fingerprint density at radius 3 is 2.39 bits per heavy atom. The molecule has 0 unspecified atom stereocenters. The molecule has 2 aromatic rings. The van der Waals surface area contributed by atoms with Gasteiger partial charge in [0.25, 0.3) is 15.7 Å². The molecule has 0 bridgehead atoms. The van der Waals surface area contributed by atoms with Crippen molar-refractivity contribution in [3.05, 3.63) is 58.6 Å². The molecule has 23 heavy (non-hydrogen) atoms. The lowest BCUT2D eigenvalue weighted by Gasteiger charge is -2.19. The molecule has 0 aliphatic carbocycles. The molecule has 0 amide bonds. The SMILES string of the molecule is CCOc1ccc(S(=O)(=O)N(C)c2cccc([N+](=O)[O-])c2)cc1. The van der Waals surface area contributed by atoms with Gasteiger partial charge >= 0.3 is 0 Å². The summed E-state index contributed by atoms with van der Waals surface area (Å²) in [5.74, 6) is 0.574. The zero-order chi connectivity index (χ0) is 17.0. The molecule has 0 saturated heterocycles. The molecule has 2 aromatic carbocycles. The molecule has 0 aliphatic rings. The second-order valence-electron chi connectivity index (χ2n) is 4.65. The molecule has 7 nitrogen and oxygen atoms in total. The van der Waals surface area contributed by atoms with E-state index in [1.165, 1.54) is 43.4 Å². The summed E-state index contributed by atoms with van der Waals surface area (Å²) in [4.78, 5) is 10.3. The van der Waals surface area contributed by atoms with Gasteiger partial charge in [0.15, 0.2) is 0 Å². The van der Waals surface area contributed by atoms with E-state index in [4.69, 9.17) is 4.74 Å². The minimum absolute atomic E-state index is 0.0787. The third-order valence-corrected chi connectivity index (χ3v) is 5.00. The van der Waals surface area contributed by atoms with Gasteiger partial charge in [0, 0.05) is 19.2 Å². The van der Waals surface area contributed by atoms with Crippen molar-refractivity contribution in [1.82, 2.24) is 0 Å². The fraction of sp³-hybridized carbons (Fsp3) is 0.200. The highest BCUT2D eigenvalue weighted by molar-refractivity contribution is 7.92. The van der Waals surface area contributed by atoms with E-state index in [-0.39, 0.29) is 16.3 Å². The van der Waals surface area contributed by atoms with Gasteiger partial charge in [-0.1, -0.05) is 6.07 Å². The third-order valence-electron chi connectivity index (χ3n) is 3.20. The van der Waals surface area contributed by atoms with Crippen LogP contribution in [0.15, 0.2) is 53.4 Å². The molecular formula is C15H16N2O5S. The van der Waals surface area contributed by atoms with Gasteiger partial charge in [-0.3, -0.25) is 14.4 Å². The molecule has 0 N–H and O–H groups in total. The van der Waals surface area contributed by atoms with Gasteiger partial charge in [-0.25, -0.2) is 8.42 Å². The van der Waals surface area contributed by atoms with Gasteiger partial charge in [0.1, 0.15) is 5.75 Å². The summed E-state index contributed by atoms with van der Waals surface area (Å²) in [5.41, 5.74) is 0.0457. The van der Waals surface area contributed by atoms with Gasteiger partial charge in [-0.05, 0) is 37.3 Å². The number of rotatable bonds is 6. The summed E-state index contributed by atoms with van der Waals surface area (Å²) in [7, 11) is -2.46. The van der Waals surface area contributed by atoms with Crippen molar-refractivity contribution in [3.63, 3.8) is 0 Å². The number of nitro benzene ring substituents is 1. The Hall–Kier alpha value is -2.61. The lowest BCUT2D eigenvalue weighted by Crippen LogP contribution is -2.26. The van der Waals surface area contributed by atoms with Crippen molar-refractivity contribution in [2.75, 3.05) is 18.0 Å². The van der Waals surface area contributed by atoms with Crippen LogP contribution in [0.1, 0.15) is 6.92 Å². The molecule has 0 aliphatic heterocycles. The number of anilines is 1. The first-order valence-corrected chi connectivity index (χ1v) is 8.26. The van der Waals surface area contributed by atoms with E-state index in [1.807, 2.05) is 6.92 Å². The molecule has 0 saturated carbocycles. The van der Waals surface area contributed by atoms with E-state index in [0.29, 0.717) is 12.4 Å². The van der Waals surface area contributed by atoms with Gasteiger partial charge in [0.05, 0.1) is 22.1 Å². The number of ether oxygens (including phenoxy) is 1. The second kappa shape index (κ2) is 6.66. The number of hydrogen-bond acceptors (Lipinski definition) is 5. The van der Waals surface area contributed by atoms with Crippen LogP contribution in [0.25, 0.3) is 0 Å². The lowest BCUT2D eigenvalue weighted by molar-refractivity contribution is -0.384. The number of nitrogens with zero attached hydrogens (tertiary/aromatic N) is 2. The maximum absolute atomic E-state index is 12.6. The normalized spacial score (nSPS) is 11.0. The van der Waals surface area contributed by atoms with Gasteiger partial charge < -0.3 is 4.74 Å². The Bertz CT molecular complexity index is 803. The number of nitro groups is 1. The molecule has 0 fully saturated rings. The fourth-order valence-corrected chi connectivity index (χ4v) is 3.16. The lowest BCUT2D eigenvalue weighted by atomic mass is 10.3. The largest absolute Gasteiger partial charge is 0.494 e. The van der Waals surface area contributed by atoms with Crippen molar-refractivity contribution in [3.8, 4) is 5.75 Å². The van der Waals surface area contributed by atoms with Crippen LogP contribution in [0, 0.1) is 10.1 Å². The van der Waals surface area contributed by atoms with Crippen LogP contribution in [0.4, 0.5) is 11.4 Å². The average Bonchev–Trinajstić information content (AvgIpc) is 2.55. The highest BCUT2D eigenvalue weighted by Crippen LogP contribution is 2.26. The van der Waals surface area contributed by atoms with Crippen LogP contribution in [0.5, 0.6) is 5.75 Å². The van der Waals surface area contributed by atoms with E-state index in [0.717, 1.165) is 4.31 Å². The minimum atomic E-state index is -3.81. The monoisotopic (exact) mass is 336 g/mol. The van der Waals surface area contributed by atoms with Crippen LogP contribution in [0.3, 0.4) is 0 Å². The number of non-ortho nitro benzene ring substituents is 1. The Morgan fingerprint density at radius 2 is 1.83 bits per heavy atom. The quantitative estimate of drug-likeness (QED) is 0.597. The van der Waals surface area contributed by atoms with Crippen LogP contribution in [-0.4, -0.2) is 27.0 Å². The summed E-state index contributed by atoms with van der Waals surface area (Å²) in [6, 6.07) is 11.5. The standard InChI is InChI=1S/C15H16N2O5S/c1-3-22-14-7-9-15(10-8-14)23(20,21)16(2)12-5-4-6-13(11-12)17(18)19/h4-11H,3H2,1-2H3. The van der Waals surface area contributed by atoms with E-state index >= 15 is 0 Å². The van der Waals surface area contributed by atoms with Crippen molar-refractivity contribution >= 4 is 21.4 Å². The summed E-state index contributed by atoms with van der Waals surface area (Å²) < 4.78 is 31.5. The topological polar surface area (TPSA) is 89.8 Å². The molecule has 2 rings (SSSR count). The second-order valence-corrected chi connectivity index (χ2v) is 6.62. The molecule has 0 aromatic heterocycles. The predicted octanol–water partition coefficient (Wildman–Crippen LogP) is 2.82. The van der Waals surface area contributed by atoms with Crippen LogP contribution >= 0.6 is 0 Å². The number of hydrogen-bond donors (Lipinski definition) is 0. The summed E-state index contributed by atoms with van der Waals surface area (Å²) in [6.07, 6.45) is 0. The smallest absolute Gasteiger partial charge is 0.271 e. The molecule has 0 atom stereocenters. The highest BCUT2D eigenvalue weighted by atomic mass is 32.2. The molecular weight excluding hydrogens is 320 g/mol. The highest BCUT2D eigenvalue weighted by Gasteiger charge is 2.22. The Balaban J connectivity index is 2.34. The first kappa shape index (κ1) is 16.8. The molecule has 0 heterocycles. The maximum Gasteiger partial charge on any atom is 0.271 e. The average molecular weight is 336 g/mol. The first-order valence-electron chi connectivity index (χ1n) is 6.82. The molecule has 8 heteroatoms. The van der Waals surface area contributed by atoms with Gasteiger partial charge in [-0.15, -0.1) is 0 Å². The number of sulfonamides is 1. The first-order chi connectivity index (χ1) is 10.9. The summed E-state index contributed by atoms with van der Waals surface area (Å²) >= 11 is 0. The van der Waals surface area contributed by atoms with Crippen molar-refractivity contribution in [2.45, 2.75) is 11.8 Å². The van der Waals surface area contributed by atoms with E-state index in [9.17, 15) is 18.5 Å². The van der Waals surface area contributed by atoms with Crippen LogP contribution in [-0.2, 0) is 10.0 Å². The van der Waals surface area contributed by atoms with Crippen molar-refractivity contribution in [2.24, 2.45) is 0 Å². The number of benzene rings is 2. The Kier molecular flexibility index (Phi) is 4.85. The Morgan fingerprint density at radius 1 is 1.17 bits per heavy atom. The van der Waals surface area contributed by atoms with Crippen LogP contribution < -0.4 is 9.04 Å². The zero-order valence-corrected chi connectivity index (χ0v) is 13.5. The summed E-state index contributed by atoms with van der Waals surface area (Å²) in [6.45, 7) is 2.32. The van der Waals surface area contributed by atoms with E-state index in [2.05, 4.69) is 0 Å². The molecule has 0 radical (unpaired) electrons. The predicted molar refractivity (Wildman–Crippen MR) is 86.3 cm³/mol. The van der Waals surface area contributed by atoms with E-state index < -0.39 is 14.9 Å². The van der Waals surface area contributed by atoms with Crippen molar-refractivity contribution in [1.29, 1.82) is 0 Å². The van der Waals surface area contributed by atoms with Crippen molar-refractivity contribution < 1.29 is 18.1 Å². The Labute approximate surface area is 134 Å². The van der Waals surface area contributed by atoms with Crippen LogP contribution in [0.2, 0.25) is 0 Å². The van der Waals surface area contributed by atoms with Gasteiger partial charge in [-0.2, -0.15) is 0 Å². The molecule has 0 spiro atoms.